The van der Waals surface area contributed by atoms with Crippen molar-refractivity contribution in [1.29, 1.82) is 0 Å². The van der Waals surface area contributed by atoms with Crippen molar-refractivity contribution in [2.45, 2.75) is 24.8 Å². The van der Waals surface area contributed by atoms with Gasteiger partial charge in [0.25, 0.3) is 0 Å². The van der Waals surface area contributed by atoms with Gasteiger partial charge in [-0.15, -0.1) is 0 Å². The van der Waals surface area contributed by atoms with Crippen LogP contribution in [-0.2, 0) is 14.3 Å². The largest absolute Gasteiger partial charge is 0.445 e. The Balaban J connectivity index is 3.46. The Morgan fingerprint density at radius 3 is 2.80 bits per heavy atom. The molecule has 0 heterocycles. The van der Waals surface area contributed by atoms with Crippen LogP contribution in [0.4, 0.5) is 0 Å². The Bertz CT molecular complexity index is 124. The number of carbonyl (C=O) groups excluding carboxylic acids is 2. The summed E-state index contributed by atoms with van der Waals surface area (Å²) >= 11 is 3.06. The monoisotopic (exact) mass is 207 g/mol. The van der Waals surface area contributed by atoms with Crippen LogP contribution in [0.15, 0.2) is 0 Å². The molecular formula is C6H8BrO3. The summed E-state index contributed by atoms with van der Waals surface area (Å²) in [6, 6.07) is 0. The number of carbonyl (C=O) groups is 1. The SMILES string of the molecule is CCCC(Br)OC(=O)[C]=O. The topological polar surface area (TPSA) is 43.4 Å². The van der Waals surface area contributed by atoms with Crippen LogP contribution >= 0.6 is 15.9 Å². The molecule has 0 aromatic rings. The van der Waals surface area contributed by atoms with E-state index < -0.39 is 5.97 Å². The van der Waals surface area contributed by atoms with Crippen molar-refractivity contribution in [3.63, 3.8) is 0 Å². The lowest BCUT2D eigenvalue weighted by Gasteiger charge is -2.05. The van der Waals surface area contributed by atoms with E-state index in [1.807, 2.05) is 6.92 Å². The predicted molar refractivity (Wildman–Crippen MR) is 39.4 cm³/mol. The molecular weight excluding hydrogens is 200 g/mol. The highest BCUT2D eigenvalue weighted by molar-refractivity contribution is 9.09. The Kier molecular flexibility index (Phi) is 5.20. The number of halogens is 1. The summed E-state index contributed by atoms with van der Waals surface area (Å²) in [5.41, 5.74) is 0. The maximum atomic E-state index is 10.2. The molecule has 0 fully saturated rings. The Labute approximate surface area is 67.9 Å². The van der Waals surface area contributed by atoms with E-state index in [1.165, 1.54) is 0 Å². The van der Waals surface area contributed by atoms with Gasteiger partial charge in [0.1, 0.15) is 0 Å². The number of rotatable bonds is 4. The molecule has 0 aliphatic rings. The fourth-order valence-electron chi connectivity index (χ4n) is 0.426. The van der Waals surface area contributed by atoms with Crippen LogP contribution in [-0.4, -0.2) is 17.3 Å². The minimum atomic E-state index is -0.949. The molecule has 0 spiro atoms. The van der Waals surface area contributed by atoms with Gasteiger partial charge in [0, 0.05) is 0 Å². The molecule has 0 aromatic carbocycles. The minimum absolute atomic E-state index is 0.355. The normalized spacial score (nSPS) is 12.2. The lowest BCUT2D eigenvalue weighted by atomic mass is 10.4. The van der Waals surface area contributed by atoms with E-state index in [9.17, 15) is 9.59 Å². The molecule has 0 N–H and O–H groups in total. The molecule has 0 bridgehead atoms. The second kappa shape index (κ2) is 5.41. The van der Waals surface area contributed by atoms with Gasteiger partial charge >= 0.3 is 12.3 Å². The third-order valence-electron chi connectivity index (χ3n) is 0.834. The zero-order valence-electron chi connectivity index (χ0n) is 5.59. The second-order valence-electron chi connectivity index (χ2n) is 1.71. The van der Waals surface area contributed by atoms with Gasteiger partial charge in [-0.05, 0) is 22.4 Å². The highest BCUT2D eigenvalue weighted by Crippen LogP contribution is 2.08. The van der Waals surface area contributed by atoms with Crippen molar-refractivity contribution >= 4 is 28.2 Å². The molecule has 10 heavy (non-hydrogen) atoms. The molecule has 57 valence electrons. The van der Waals surface area contributed by atoms with Crippen LogP contribution in [0.5, 0.6) is 0 Å². The molecule has 1 atom stereocenters. The summed E-state index contributed by atoms with van der Waals surface area (Å²) in [5.74, 6) is -0.949. The van der Waals surface area contributed by atoms with Gasteiger partial charge in [0.15, 0.2) is 5.01 Å². The highest BCUT2D eigenvalue weighted by atomic mass is 79.9. The second-order valence-corrected chi connectivity index (χ2v) is 2.73. The molecule has 0 aliphatic heterocycles. The Hall–Kier alpha value is -0.380. The zero-order chi connectivity index (χ0) is 7.98. The number of ether oxygens (including phenoxy) is 1. The molecule has 1 radical (unpaired) electrons. The highest BCUT2D eigenvalue weighted by Gasteiger charge is 2.08. The van der Waals surface area contributed by atoms with Gasteiger partial charge in [-0.2, -0.15) is 0 Å². The van der Waals surface area contributed by atoms with E-state index >= 15 is 0 Å². The van der Waals surface area contributed by atoms with Crippen molar-refractivity contribution in [2.24, 2.45) is 0 Å². The lowest BCUT2D eigenvalue weighted by Crippen LogP contribution is -2.12. The van der Waals surface area contributed by atoms with E-state index in [0.717, 1.165) is 12.7 Å². The zero-order valence-corrected chi connectivity index (χ0v) is 7.18. The lowest BCUT2D eigenvalue weighted by molar-refractivity contribution is -0.136. The molecule has 0 aliphatic carbocycles. The fraction of sp³-hybridized carbons (Fsp3) is 0.667. The molecule has 3 nitrogen and oxygen atoms in total. The molecule has 0 saturated carbocycles. The van der Waals surface area contributed by atoms with Gasteiger partial charge in [-0.1, -0.05) is 13.3 Å². The minimum Gasteiger partial charge on any atom is -0.445 e. The maximum Gasteiger partial charge on any atom is 0.384 e. The van der Waals surface area contributed by atoms with Gasteiger partial charge in [-0.25, -0.2) is 4.79 Å². The molecule has 0 rings (SSSR count). The summed E-state index contributed by atoms with van der Waals surface area (Å²) in [5, 5.41) is -0.355. The fourth-order valence-corrected chi connectivity index (χ4v) is 1.05. The van der Waals surface area contributed by atoms with Gasteiger partial charge in [-0.3, -0.25) is 4.79 Å². The number of esters is 1. The van der Waals surface area contributed by atoms with Crippen LogP contribution in [0.1, 0.15) is 19.8 Å². The van der Waals surface area contributed by atoms with Crippen molar-refractivity contribution in [3.8, 4) is 0 Å². The average molecular weight is 208 g/mol. The Morgan fingerprint density at radius 2 is 2.40 bits per heavy atom. The average Bonchev–Trinajstić information content (AvgIpc) is 1.88. The van der Waals surface area contributed by atoms with E-state index in [1.54, 1.807) is 0 Å². The molecule has 4 heteroatoms. The van der Waals surface area contributed by atoms with Crippen LogP contribution in [0, 0.1) is 0 Å². The number of alkyl halides is 1. The molecule has 0 amide bonds. The quantitative estimate of drug-likeness (QED) is 0.395. The van der Waals surface area contributed by atoms with Crippen LogP contribution < -0.4 is 0 Å². The third kappa shape index (κ3) is 4.49. The van der Waals surface area contributed by atoms with Crippen molar-refractivity contribution < 1.29 is 14.3 Å². The van der Waals surface area contributed by atoms with Crippen molar-refractivity contribution in [1.82, 2.24) is 0 Å². The standard InChI is InChI=1S/C6H8BrO3/c1-2-3-5(7)10-6(9)4-8/h5H,2-3H2,1H3. The van der Waals surface area contributed by atoms with Gasteiger partial charge in [0.2, 0.25) is 0 Å². The number of hydrogen-bond donors (Lipinski definition) is 0. The first-order valence-electron chi connectivity index (χ1n) is 2.93. The van der Waals surface area contributed by atoms with Gasteiger partial charge in [0.05, 0.1) is 0 Å². The molecule has 0 saturated heterocycles. The van der Waals surface area contributed by atoms with Crippen molar-refractivity contribution in [3.05, 3.63) is 0 Å². The van der Waals surface area contributed by atoms with Crippen LogP contribution in [0.2, 0.25) is 0 Å². The van der Waals surface area contributed by atoms with Crippen molar-refractivity contribution in [2.75, 3.05) is 0 Å². The third-order valence-corrected chi connectivity index (χ3v) is 1.48. The summed E-state index contributed by atoms with van der Waals surface area (Å²) < 4.78 is 4.49. The first-order chi connectivity index (χ1) is 4.70. The summed E-state index contributed by atoms with van der Waals surface area (Å²) in [7, 11) is 0. The first-order valence-corrected chi connectivity index (χ1v) is 3.85. The van der Waals surface area contributed by atoms with E-state index in [-0.39, 0.29) is 5.01 Å². The van der Waals surface area contributed by atoms with E-state index in [0.29, 0.717) is 6.42 Å². The van der Waals surface area contributed by atoms with E-state index in [4.69, 9.17) is 0 Å². The van der Waals surface area contributed by atoms with Crippen LogP contribution in [0.3, 0.4) is 0 Å². The Morgan fingerprint density at radius 1 is 1.80 bits per heavy atom. The summed E-state index contributed by atoms with van der Waals surface area (Å²) in [6.07, 6.45) is 2.71. The predicted octanol–water partition coefficient (Wildman–Crippen LogP) is 1.16. The van der Waals surface area contributed by atoms with Crippen LogP contribution in [0.25, 0.3) is 0 Å². The molecule has 0 aromatic heterocycles. The summed E-state index contributed by atoms with van der Waals surface area (Å²) in [4.78, 5) is 19.8. The smallest absolute Gasteiger partial charge is 0.384 e. The number of hydrogen-bond acceptors (Lipinski definition) is 3. The van der Waals surface area contributed by atoms with Gasteiger partial charge < -0.3 is 4.74 Å². The van der Waals surface area contributed by atoms with E-state index in [2.05, 4.69) is 20.7 Å². The first kappa shape index (κ1) is 9.62. The maximum absolute atomic E-state index is 10.2. The summed E-state index contributed by atoms with van der Waals surface area (Å²) in [6.45, 7) is 1.95. The molecule has 1 unspecified atom stereocenters.